The minimum absolute atomic E-state index is 0.555. The number of hydrogen-bond acceptors (Lipinski definition) is 3. The summed E-state index contributed by atoms with van der Waals surface area (Å²) >= 11 is 1.86. The highest BCUT2D eigenvalue weighted by atomic mass is 32.1. The summed E-state index contributed by atoms with van der Waals surface area (Å²) in [5.74, 6) is 0. The summed E-state index contributed by atoms with van der Waals surface area (Å²) in [6, 6.07) is 5.64. The van der Waals surface area contributed by atoms with Crippen molar-refractivity contribution in [3.63, 3.8) is 0 Å². The molecule has 2 heterocycles. The van der Waals surface area contributed by atoms with E-state index in [1.807, 2.05) is 11.3 Å². The Morgan fingerprint density at radius 3 is 3.07 bits per heavy atom. The molecule has 78 valence electrons. The van der Waals surface area contributed by atoms with E-state index >= 15 is 0 Å². The van der Waals surface area contributed by atoms with Gasteiger partial charge < -0.3 is 5.32 Å². The van der Waals surface area contributed by atoms with Gasteiger partial charge in [-0.1, -0.05) is 6.07 Å². The molecule has 0 aliphatic carbocycles. The SMILES string of the molecule is CC(c1cccs1)N(C)[C@@H]1CCNC1. The quantitative estimate of drug-likeness (QED) is 0.822. The maximum Gasteiger partial charge on any atom is 0.0413 e. The molecule has 0 spiro atoms. The Kier molecular flexibility index (Phi) is 3.21. The van der Waals surface area contributed by atoms with Gasteiger partial charge in [-0.05, 0) is 38.4 Å². The summed E-state index contributed by atoms with van der Waals surface area (Å²) in [5, 5.41) is 5.57. The first kappa shape index (κ1) is 10.1. The van der Waals surface area contributed by atoms with Gasteiger partial charge in [-0.25, -0.2) is 0 Å². The van der Waals surface area contributed by atoms with Crippen molar-refractivity contribution in [2.45, 2.75) is 25.4 Å². The molecular formula is C11H18N2S. The molecule has 1 saturated heterocycles. The van der Waals surface area contributed by atoms with Crippen LogP contribution in [0.1, 0.15) is 24.3 Å². The molecule has 1 aromatic heterocycles. The zero-order valence-electron chi connectivity index (χ0n) is 8.86. The van der Waals surface area contributed by atoms with Crippen LogP contribution in [0.2, 0.25) is 0 Å². The minimum Gasteiger partial charge on any atom is -0.315 e. The fraction of sp³-hybridized carbons (Fsp3) is 0.636. The number of thiophene rings is 1. The summed E-state index contributed by atoms with van der Waals surface area (Å²) < 4.78 is 0. The van der Waals surface area contributed by atoms with Crippen LogP contribution in [0.25, 0.3) is 0 Å². The predicted octanol–water partition coefficient (Wildman–Crippen LogP) is 2.10. The molecule has 0 amide bonds. The summed E-state index contributed by atoms with van der Waals surface area (Å²) in [5.41, 5.74) is 0. The largest absolute Gasteiger partial charge is 0.315 e. The first-order valence-electron chi connectivity index (χ1n) is 5.25. The van der Waals surface area contributed by atoms with Gasteiger partial charge in [0, 0.05) is 23.5 Å². The maximum atomic E-state index is 3.42. The molecule has 0 saturated carbocycles. The van der Waals surface area contributed by atoms with E-state index in [-0.39, 0.29) is 0 Å². The summed E-state index contributed by atoms with van der Waals surface area (Å²) in [4.78, 5) is 3.96. The van der Waals surface area contributed by atoms with Crippen LogP contribution in [0.5, 0.6) is 0 Å². The molecule has 1 N–H and O–H groups in total. The van der Waals surface area contributed by atoms with E-state index in [0.29, 0.717) is 12.1 Å². The molecular weight excluding hydrogens is 192 g/mol. The minimum atomic E-state index is 0.555. The molecule has 0 radical (unpaired) electrons. The Morgan fingerprint density at radius 1 is 1.64 bits per heavy atom. The topological polar surface area (TPSA) is 15.3 Å². The number of nitrogens with zero attached hydrogens (tertiary/aromatic N) is 1. The Bertz CT molecular complexity index is 265. The third kappa shape index (κ3) is 2.00. The van der Waals surface area contributed by atoms with Crippen LogP contribution in [0, 0.1) is 0 Å². The monoisotopic (exact) mass is 210 g/mol. The van der Waals surface area contributed by atoms with E-state index in [9.17, 15) is 0 Å². The summed E-state index contributed by atoms with van der Waals surface area (Å²) in [6.07, 6.45) is 1.28. The van der Waals surface area contributed by atoms with Gasteiger partial charge >= 0.3 is 0 Å². The van der Waals surface area contributed by atoms with E-state index in [4.69, 9.17) is 0 Å². The van der Waals surface area contributed by atoms with E-state index < -0.39 is 0 Å². The number of nitrogens with one attached hydrogen (secondary N) is 1. The van der Waals surface area contributed by atoms with Gasteiger partial charge in [-0.3, -0.25) is 4.90 Å². The van der Waals surface area contributed by atoms with E-state index in [0.717, 1.165) is 6.54 Å². The number of rotatable bonds is 3. The standard InChI is InChI=1S/C11H18N2S/c1-9(11-4-3-7-14-11)13(2)10-5-6-12-8-10/h3-4,7,9-10,12H,5-6,8H2,1-2H3/t9?,10-/m1/s1. The normalized spacial score (nSPS) is 24.4. The highest BCUT2D eigenvalue weighted by Gasteiger charge is 2.23. The van der Waals surface area contributed by atoms with Gasteiger partial charge in [-0.2, -0.15) is 0 Å². The molecule has 2 rings (SSSR count). The van der Waals surface area contributed by atoms with Crippen LogP contribution in [0.4, 0.5) is 0 Å². The zero-order chi connectivity index (χ0) is 9.97. The molecule has 1 fully saturated rings. The van der Waals surface area contributed by atoms with Gasteiger partial charge in [-0.15, -0.1) is 11.3 Å². The van der Waals surface area contributed by atoms with Crippen LogP contribution in [-0.2, 0) is 0 Å². The average molecular weight is 210 g/mol. The first-order chi connectivity index (χ1) is 6.79. The number of hydrogen-bond donors (Lipinski definition) is 1. The van der Waals surface area contributed by atoms with Crippen molar-refractivity contribution < 1.29 is 0 Å². The van der Waals surface area contributed by atoms with Crippen molar-refractivity contribution in [1.82, 2.24) is 10.2 Å². The van der Waals surface area contributed by atoms with Gasteiger partial charge in [0.1, 0.15) is 0 Å². The highest BCUT2D eigenvalue weighted by Crippen LogP contribution is 2.26. The Balaban J connectivity index is 2.00. The molecule has 1 unspecified atom stereocenters. The molecule has 0 aromatic carbocycles. The summed E-state index contributed by atoms with van der Waals surface area (Å²) in [6.45, 7) is 4.61. The van der Waals surface area contributed by atoms with Gasteiger partial charge in [0.25, 0.3) is 0 Å². The third-order valence-corrected chi connectivity index (χ3v) is 4.22. The molecule has 14 heavy (non-hydrogen) atoms. The molecule has 1 aliphatic heterocycles. The smallest absolute Gasteiger partial charge is 0.0413 e. The van der Waals surface area contributed by atoms with Crippen LogP contribution < -0.4 is 5.32 Å². The molecule has 2 atom stereocenters. The Morgan fingerprint density at radius 2 is 2.50 bits per heavy atom. The molecule has 1 aromatic rings. The summed E-state index contributed by atoms with van der Waals surface area (Å²) in [7, 11) is 2.24. The number of likely N-dealkylation sites (N-methyl/N-ethyl adjacent to an activating group) is 1. The van der Waals surface area contributed by atoms with Gasteiger partial charge in [0.2, 0.25) is 0 Å². The van der Waals surface area contributed by atoms with Crippen molar-refractivity contribution in [2.24, 2.45) is 0 Å². The Hall–Kier alpha value is -0.380. The van der Waals surface area contributed by atoms with Gasteiger partial charge in [0.05, 0.1) is 0 Å². The lowest BCUT2D eigenvalue weighted by molar-refractivity contribution is 0.199. The molecule has 1 aliphatic rings. The second-order valence-corrected chi connectivity index (χ2v) is 4.98. The lowest BCUT2D eigenvalue weighted by atomic mass is 10.1. The van der Waals surface area contributed by atoms with E-state index in [2.05, 4.69) is 41.7 Å². The van der Waals surface area contributed by atoms with Crippen LogP contribution >= 0.6 is 11.3 Å². The molecule has 2 nitrogen and oxygen atoms in total. The fourth-order valence-corrected chi connectivity index (χ4v) is 2.87. The van der Waals surface area contributed by atoms with Gasteiger partial charge in [0.15, 0.2) is 0 Å². The highest BCUT2D eigenvalue weighted by molar-refractivity contribution is 7.10. The van der Waals surface area contributed by atoms with Crippen LogP contribution in [-0.4, -0.2) is 31.1 Å². The first-order valence-corrected chi connectivity index (χ1v) is 6.13. The molecule has 3 heteroatoms. The van der Waals surface area contributed by atoms with Crippen molar-refractivity contribution in [3.8, 4) is 0 Å². The predicted molar refractivity (Wildman–Crippen MR) is 61.8 cm³/mol. The van der Waals surface area contributed by atoms with Crippen molar-refractivity contribution in [1.29, 1.82) is 0 Å². The van der Waals surface area contributed by atoms with Crippen molar-refractivity contribution >= 4 is 11.3 Å². The van der Waals surface area contributed by atoms with Crippen LogP contribution in [0.15, 0.2) is 17.5 Å². The van der Waals surface area contributed by atoms with Crippen LogP contribution in [0.3, 0.4) is 0 Å². The molecule has 0 bridgehead atoms. The third-order valence-electron chi connectivity index (χ3n) is 3.18. The second-order valence-electron chi connectivity index (χ2n) is 4.00. The Labute approximate surface area is 89.9 Å². The average Bonchev–Trinajstić information content (AvgIpc) is 2.87. The maximum absolute atomic E-state index is 3.42. The lowest BCUT2D eigenvalue weighted by Crippen LogP contribution is -2.35. The lowest BCUT2D eigenvalue weighted by Gasteiger charge is -2.29. The van der Waals surface area contributed by atoms with E-state index in [1.54, 1.807) is 0 Å². The van der Waals surface area contributed by atoms with Crippen molar-refractivity contribution in [2.75, 3.05) is 20.1 Å². The van der Waals surface area contributed by atoms with E-state index in [1.165, 1.54) is 17.8 Å². The zero-order valence-corrected chi connectivity index (χ0v) is 9.68. The van der Waals surface area contributed by atoms with Crippen molar-refractivity contribution in [3.05, 3.63) is 22.4 Å². The fourth-order valence-electron chi connectivity index (χ4n) is 2.03. The second kappa shape index (κ2) is 4.43.